The number of nitrogens with zero attached hydrogens (tertiary/aromatic N) is 1. The van der Waals surface area contributed by atoms with E-state index in [1.54, 1.807) is 4.90 Å². The van der Waals surface area contributed by atoms with Crippen LogP contribution in [0.5, 0.6) is 0 Å². The Bertz CT molecular complexity index is 550. The smallest absolute Gasteiger partial charge is 0.248 e. The van der Waals surface area contributed by atoms with Crippen LogP contribution >= 0.6 is 23.2 Å². The van der Waals surface area contributed by atoms with Gasteiger partial charge in [-0.15, -0.1) is 0 Å². The highest BCUT2D eigenvalue weighted by Crippen LogP contribution is 2.46. The molecule has 1 saturated heterocycles. The summed E-state index contributed by atoms with van der Waals surface area (Å²) in [7, 11) is 0. The van der Waals surface area contributed by atoms with Gasteiger partial charge in [-0.2, -0.15) is 0 Å². The van der Waals surface area contributed by atoms with Crippen LogP contribution < -0.4 is 5.32 Å². The van der Waals surface area contributed by atoms with Crippen molar-refractivity contribution in [2.24, 2.45) is 0 Å². The average molecular weight is 315 g/mol. The van der Waals surface area contributed by atoms with E-state index in [4.69, 9.17) is 28.3 Å². The number of likely N-dealkylation sites (tertiary alicyclic amines) is 1. The van der Waals surface area contributed by atoms with E-state index in [0.29, 0.717) is 29.1 Å². The Kier molecular flexibility index (Phi) is 3.80. The van der Waals surface area contributed by atoms with Gasteiger partial charge in [0.15, 0.2) is 0 Å². The molecule has 0 spiro atoms. The fourth-order valence-corrected chi connectivity index (χ4v) is 3.59. The maximum absolute atomic E-state index is 11.6. The van der Waals surface area contributed by atoms with Crippen LogP contribution in [0.15, 0.2) is 12.1 Å². The van der Waals surface area contributed by atoms with Crippen molar-refractivity contribution in [2.45, 2.75) is 24.8 Å². The second kappa shape index (κ2) is 5.43. The van der Waals surface area contributed by atoms with E-state index in [1.165, 1.54) is 5.56 Å². The Morgan fingerprint density at radius 1 is 1.35 bits per heavy atom. The molecule has 2 aliphatic heterocycles. The second-order valence-electron chi connectivity index (χ2n) is 5.30. The first-order chi connectivity index (χ1) is 9.61. The van der Waals surface area contributed by atoms with Gasteiger partial charge in [-0.1, -0.05) is 29.3 Å². The highest BCUT2D eigenvalue weighted by Gasteiger charge is 2.36. The van der Waals surface area contributed by atoms with Crippen LogP contribution in [0.3, 0.4) is 0 Å². The Balaban J connectivity index is 1.84. The van der Waals surface area contributed by atoms with Gasteiger partial charge in [0, 0.05) is 25.0 Å². The number of rotatable bonds is 1. The molecule has 1 aromatic rings. The molecule has 3 rings (SSSR count). The number of aliphatic hydroxyl groups excluding tert-OH is 1. The molecule has 2 aliphatic rings. The average Bonchev–Trinajstić information content (AvgIpc) is 2.67. The lowest BCUT2D eigenvalue weighted by molar-refractivity contribution is -0.134. The zero-order valence-corrected chi connectivity index (χ0v) is 12.4. The summed E-state index contributed by atoms with van der Waals surface area (Å²) in [5.74, 6) is 0.149. The van der Waals surface area contributed by atoms with Gasteiger partial charge in [0.1, 0.15) is 6.61 Å². The van der Waals surface area contributed by atoms with E-state index in [1.807, 2.05) is 12.1 Å². The molecule has 108 valence electrons. The molecule has 1 aromatic carbocycles. The fraction of sp³-hybridized carbons (Fsp3) is 0.500. The lowest BCUT2D eigenvalue weighted by Gasteiger charge is -2.19. The molecule has 1 amide bonds. The third-order valence-electron chi connectivity index (χ3n) is 4.25. The van der Waals surface area contributed by atoms with Crippen LogP contribution in [-0.4, -0.2) is 41.7 Å². The number of aliphatic hydroxyl groups is 1. The number of hydrogen-bond donors (Lipinski definition) is 2. The van der Waals surface area contributed by atoms with Crippen molar-refractivity contribution in [1.82, 2.24) is 4.90 Å². The van der Waals surface area contributed by atoms with Crippen molar-refractivity contribution in [3.8, 4) is 0 Å². The summed E-state index contributed by atoms with van der Waals surface area (Å²) in [5.41, 5.74) is 2.12. The number of nitrogens with one attached hydrogen (secondary N) is 1. The zero-order valence-electron chi connectivity index (χ0n) is 10.9. The summed E-state index contributed by atoms with van der Waals surface area (Å²) >= 11 is 12.3. The van der Waals surface area contributed by atoms with Crippen LogP contribution in [-0.2, 0) is 4.79 Å². The van der Waals surface area contributed by atoms with Gasteiger partial charge in [-0.3, -0.25) is 4.79 Å². The molecule has 2 heterocycles. The number of fused-ring (bicyclic) bond motifs is 3. The summed E-state index contributed by atoms with van der Waals surface area (Å²) in [4.78, 5) is 13.3. The topological polar surface area (TPSA) is 52.6 Å². The van der Waals surface area contributed by atoms with Crippen molar-refractivity contribution in [2.75, 3.05) is 25.0 Å². The van der Waals surface area contributed by atoms with Gasteiger partial charge < -0.3 is 15.3 Å². The van der Waals surface area contributed by atoms with E-state index in [0.717, 1.165) is 18.5 Å². The Labute approximate surface area is 127 Å². The Morgan fingerprint density at radius 3 is 2.85 bits per heavy atom. The molecular formula is C14H16Cl2N2O2. The van der Waals surface area contributed by atoms with Crippen LogP contribution in [0.4, 0.5) is 5.69 Å². The number of anilines is 1. The predicted octanol–water partition coefficient (Wildman–Crippen LogP) is 2.49. The molecule has 0 aromatic heterocycles. The summed E-state index contributed by atoms with van der Waals surface area (Å²) < 4.78 is 0. The quantitative estimate of drug-likeness (QED) is 0.837. The van der Waals surface area contributed by atoms with Crippen molar-refractivity contribution in [3.63, 3.8) is 0 Å². The highest BCUT2D eigenvalue weighted by molar-refractivity contribution is 6.43. The van der Waals surface area contributed by atoms with E-state index in [-0.39, 0.29) is 11.9 Å². The molecule has 2 N–H and O–H groups in total. The Morgan fingerprint density at radius 2 is 2.10 bits per heavy atom. The third kappa shape index (κ3) is 2.26. The summed E-state index contributed by atoms with van der Waals surface area (Å²) in [5, 5.41) is 13.6. The van der Waals surface area contributed by atoms with Gasteiger partial charge in [0.25, 0.3) is 0 Å². The van der Waals surface area contributed by atoms with Gasteiger partial charge in [0.05, 0.1) is 15.7 Å². The fourth-order valence-electron chi connectivity index (χ4n) is 3.21. The van der Waals surface area contributed by atoms with Crippen LogP contribution in [0.2, 0.25) is 10.0 Å². The minimum absolute atomic E-state index is 0.195. The van der Waals surface area contributed by atoms with E-state index in [9.17, 15) is 4.79 Å². The zero-order chi connectivity index (χ0) is 14.3. The maximum atomic E-state index is 11.6. The first-order valence-electron chi connectivity index (χ1n) is 6.75. The number of carbonyl (C=O) groups excluding carboxylic acids is 1. The molecule has 4 nitrogen and oxygen atoms in total. The van der Waals surface area contributed by atoms with Crippen molar-refractivity contribution < 1.29 is 9.90 Å². The van der Waals surface area contributed by atoms with Crippen LogP contribution in [0.25, 0.3) is 0 Å². The maximum Gasteiger partial charge on any atom is 0.248 e. The van der Waals surface area contributed by atoms with Crippen molar-refractivity contribution in [1.29, 1.82) is 0 Å². The van der Waals surface area contributed by atoms with Gasteiger partial charge >= 0.3 is 0 Å². The SMILES string of the molecule is O=C(CO)N1CCC2Nc3c(ccc(Cl)c3Cl)C2CC1. The molecule has 2 atom stereocenters. The predicted molar refractivity (Wildman–Crippen MR) is 79.5 cm³/mol. The molecule has 0 bridgehead atoms. The number of benzene rings is 1. The lowest BCUT2D eigenvalue weighted by atomic mass is 9.91. The van der Waals surface area contributed by atoms with Gasteiger partial charge in [-0.05, 0) is 24.5 Å². The Hall–Kier alpha value is -0.970. The summed E-state index contributed by atoms with van der Waals surface area (Å²) in [6.45, 7) is 0.912. The summed E-state index contributed by atoms with van der Waals surface area (Å²) in [6.07, 6.45) is 1.72. The standard InChI is InChI=1S/C14H16Cl2N2O2/c15-10-2-1-9-8-3-5-18(12(20)7-19)6-4-11(8)17-14(9)13(10)16/h1-2,8,11,17,19H,3-7H2. The van der Waals surface area contributed by atoms with E-state index in [2.05, 4.69) is 5.32 Å². The number of carbonyl (C=O) groups is 1. The normalized spacial score (nSPS) is 24.6. The molecule has 0 saturated carbocycles. The first-order valence-corrected chi connectivity index (χ1v) is 7.50. The minimum atomic E-state index is -0.416. The molecule has 1 fully saturated rings. The largest absolute Gasteiger partial charge is 0.387 e. The first kappa shape index (κ1) is 14.0. The van der Waals surface area contributed by atoms with Crippen LogP contribution in [0.1, 0.15) is 24.3 Å². The van der Waals surface area contributed by atoms with Crippen LogP contribution in [0, 0.1) is 0 Å². The second-order valence-corrected chi connectivity index (χ2v) is 6.08. The van der Waals surface area contributed by atoms with Gasteiger partial charge in [0.2, 0.25) is 5.91 Å². The number of hydrogen-bond acceptors (Lipinski definition) is 3. The van der Waals surface area contributed by atoms with Crippen molar-refractivity contribution >= 4 is 34.8 Å². The molecule has 20 heavy (non-hydrogen) atoms. The lowest BCUT2D eigenvalue weighted by Crippen LogP contribution is -2.34. The molecule has 0 radical (unpaired) electrons. The number of halogens is 2. The highest BCUT2D eigenvalue weighted by atomic mass is 35.5. The molecule has 2 unspecified atom stereocenters. The third-order valence-corrected chi connectivity index (χ3v) is 5.05. The monoisotopic (exact) mass is 314 g/mol. The molecule has 0 aliphatic carbocycles. The summed E-state index contributed by atoms with van der Waals surface area (Å²) in [6, 6.07) is 4.12. The van der Waals surface area contributed by atoms with E-state index >= 15 is 0 Å². The number of amides is 1. The molecular weight excluding hydrogens is 299 g/mol. The minimum Gasteiger partial charge on any atom is -0.387 e. The molecule has 6 heteroatoms. The van der Waals surface area contributed by atoms with E-state index < -0.39 is 6.61 Å². The van der Waals surface area contributed by atoms with Crippen molar-refractivity contribution in [3.05, 3.63) is 27.7 Å². The van der Waals surface area contributed by atoms with Gasteiger partial charge in [-0.25, -0.2) is 0 Å².